The summed E-state index contributed by atoms with van der Waals surface area (Å²) in [6.45, 7) is 4.55. The maximum atomic E-state index is 14.1. The molecule has 5 nitrogen and oxygen atoms in total. The standard InChI is InChI=1S/C51H75NO4/c1-3-5-7-9-11-13-15-17-19-21-23-25-33-44(32-24-22-20-18-16-14-12-10-8-6-4-2)56-51(55)45-34-28-29-35-48(45)52-49(53)46-38-42-36-40-30-26-27-31-41(40)37-43(42)39-47(46)50(52)54/h26-27,30-31,36-39,44-45,48H,3-25,28-29,32-35H2,1-2H3/t44?,45-,48-/m1/s1. The van der Waals surface area contributed by atoms with Gasteiger partial charge in [-0.3, -0.25) is 19.3 Å². The van der Waals surface area contributed by atoms with Crippen molar-refractivity contribution in [2.24, 2.45) is 5.92 Å². The first-order valence-corrected chi connectivity index (χ1v) is 23.6. The van der Waals surface area contributed by atoms with Gasteiger partial charge in [0, 0.05) is 0 Å². The Balaban J connectivity index is 1.14. The van der Waals surface area contributed by atoms with Gasteiger partial charge in [-0.25, -0.2) is 0 Å². The van der Waals surface area contributed by atoms with Gasteiger partial charge in [0.2, 0.25) is 0 Å². The van der Waals surface area contributed by atoms with E-state index < -0.39 is 12.0 Å². The lowest BCUT2D eigenvalue weighted by Gasteiger charge is -2.36. The van der Waals surface area contributed by atoms with E-state index in [-0.39, 0.29) is 23.9 Å². The molecule has 1 unspecified atom stereocenters. The van der Waals surface area contributed by atoms with Crippen LogP contribution in [0.15, 0.2) is 48.5 Å². The molecule has 3 atom stereocenters. The number of fused-ring (bicyclic) bond motifs is 3. The van der Waals surface area contributed by atoms with E-state index in [9.17, 15) is 14.4 Å². The van der Waals surface area contributed by atoms with Gasteiger partial charge in [0.1, 0.15) is 6.10 Å². The van der Waals surface area contributed by atoms with Gasteiger partial charge in [-0.2, -0.15) is 0 Å². The Morgan fingerprint density at radius 2 is 0.946 bits per heavy atom. The largest absolute Gasteiger partial charge is 0.462 e. The van der Waals surface area contributed by atoms with Crippen LogP contribution in [0.25, 0.3) is 21.5 Å². The smallest absolute Gasteiger partial charge is 0.311 e. The highest BCUT2D eigenvalue weighted by Crippen LogP contribution is 2.37. The molecule has 0 bridgehead atoms. The highest BCUT2D eigenvalue weighted by atomic mass is 16.5. The number of nitrogens with zero attached hydrogens (tertiary/aromatic N) is 1. The van der Waals surface area contributed by atoms with E-state index in [0.717, 1.165) is 60.1 Å². The van der Waals surface area contributed by atoms with Crippen molar-refractivity contribution < 1.29 is 19.1 Å². The fraction of sp³-hybridized carbons (Fsp3) is 0.667. The van der Waals surface area contributed by atoms with E-state index in [1.807, 2.05) is 24.3 Å². The first-order chi connectivity index (χ1) is 27.5. The van der Waals surface area contributed by atoms with Crippen molar-refractivity contribution in [3.63, 3.8) is 0 Å². The van der Waals surface area contributed by atoms with Crippen LogP contribution in [-0.4, -0.2) is 34.8 Å². The van der Waals surface area contributed by atoms with E-state index in [2.05, 4.69) is 38.1 Å². The molecule has 0 aromatic heterocycles. The van der Waals surface area contributed by atoms with Crippen molar-refractivity contribution in [1.82, 2.24) is 4.90 Å². The van der Waals surface area contributed by atoms with Gasteiger partial charge >= 0.3 is 5.97 Å². The number of benzene rings is 3. The molecule has 308 valence electrons. The number of carbonyl (C=O) groups is 3. The highest BCUT2D eigenvalue weighted by molar-refractivity contribution is 6.23. The van der Waals surface area contributed by atoms with Gasteiger partial charge in [0.05, 0.1) is 23.1 Å². The van der Waals surface area contributed by atoms with Crippen molar-refractivity contribution in [3.05, 3.63) is 59.7 Å². The molecular weight excluding hydrogens is 691 g/mol. The molecule has 1 aliphatic carbocycles. The van der Waals surface area contributed by atoms with Gasteiger partial charge in [-0.1, -0.05) is 186 Å². The average molecular weight is 766 g/mol. The molecule has 1 fully saturated rings. The molecule has 3 aromatic carbocycles. The van der Waals surface area contributed by atoms with Crippen LogP contribution >= 0.6 is 0 Å². The van der Waals surface area contributed by atoms with Gasteiger partial charge in [0.25, 0.3) is 11.8 Å². The Labute approximate surface area is 340 Å². The van der Waals surface area contributed by atoms with Crippen LogP contribution in [0, 0.1) is 5.92 Å². The van der Waals surface area contributed by atoms with Crippen LogP contribution in [0.3, 0.4) is 0 Å². The van der Waals surface area contributed by atoms with Crippen molar-refractivity contribution in [1.29, 1.82) is 0 Å². The third-order valence-electron chi connectivity index (χ3n) is 12.9. The maximum absolute atomic E-state index is 14.1. The second kappa shape index (κ2) is 24.5. The van der Waals surface area contributed by atoms with Crippen molar-refractivity contribution in [2.45, 2.75) is 212 Å². The zero-order chi connectivity index (χ0) is 39.4. The minimum atomic E-state index is -0.468. The van der Waals surface area contributed by atoms with Gasteiger partial charge in [0.15, 0.2) is 0 Å². The summed E-state index contributed by atoms with van der Waals surface area (Å²) >= 11 is 0. The van der Waals surface area contributed by atoms with Crippen molar-refractivity contribution in [3.8, 4) is 0 Å². The predicted molar refractivity (Wildman–Crippen MR) is 234 cm³/mol. The summed E-state index contributed by atoms with van der Waals surface area (Å²) in [5.74, 6) is -1.20. The van der Waals surface area contributed by atoms with Gasteiger partial charge in [-0.15, -0.1) is 0 Å². The second-order valence-electron chi connectivity index (χ2n) is 17.4. The average Bonchev–Trinajstić information content (AvgIpc) is 3.45. The van der Waals surface area contributed by atoms with Gasteiger partial charge in [-0.05, 0) is 84.3 Å². The Morgan fingerprint density at radius 3 is 1.38 bits per heavy atom. The lowest BCUT2D eigenvalue weighted by molar-refractivity contribution is -0.158. The molecule has 0 radical (unpaired) electrons. The Hall–Kier alpha value is -3.21. The molecule has 5 heteroatoms. The predicted octanol–water partition coefficient (Wildman–Crippen LogP) is 14.9. The Bertz CT molecular complexity index is 1570. The number of hydrogen-bond donors (Lipinski definition) is 0. The van der Waals surface area contributed by atoms with E-state index >= 15 is 0 Å². The summed E-state index contributed by atoms with van der Waals surface area (Å²) in [6, 6.07) is 15.7. The number of hydrogen-bond acceptors (Lipinski definition) is 4. The lowest BCUT2D eigenvalue weighted by atomic mass is 9.83. The van der Waals surface area contributed by atoms with Gasteiger partial charge < -0.3 is 4.74 Å². The van der Waals surface area contributed by atoms with E-state index in [1.165, 1.54) is 140 Å². The van der Waals surface area contributed by atoms with Crippen LogP contribution in [0.1, 0.15) is 221 Å². The topological polar surface area (TPSA) is 63.7 Å². The SMILES string of the molecule is CCCCCCCCCCCCCCC(CCCCCCCCCCCCC)OC(=O)[C@@H]1CCCC[C@H]1N1C(=O)c2cc3cc4ccccc4cc3cc2C1=O. The Kier molecular flexibility index (Phi) is 19.2. The van der Waals surface area contributed by atoms with E-state index in [1.54, 1.807) is 0 Å². The molecule has 5 rings (SSSR count). The molecule has 1 heterocycles. The molecule has 0 N–H and O–H groups in total. The summed E-state index contributed by atoms with van der Waals surface area (Å²) < 4.78 is 6.44. The number of esters is 1. The number of rotatable bonds is 28. The lowest BCUT2D eigenvalue weighted by Crippen LogP contribution is -2.49. The first kappa shape index (κ1) is 43.9. The zero-order valence-electron chi connectivity index (χ0n) is 35.4. The van der Waals surface area contributed by atoms with Crippen molar-refractivity contribution in [2.75, 3.05) is 0 Å². The third-order valence-corrected chi connectivity index (χ3v) is 12.9. The molecule has 2 aliphatic rings. The van der Waals surface area contributed by atoms with Crippen LogP contribution in [0.2, 0.25) is 0 Å². The minimum absolute atomic E-state index is 0.0895. The molecule has 0 saturated heterocycles. The number of unbranched alkanes of at least 4 members (excludes halogenated alkanes) is 21. The van der Waals surface area contributed by atoms with E-state index in [0.29, 0.717) is 24.0 Å². The molecular formula is C51H75NO4. The zero-order valence-corrected chi connectivity index (χ0v) is 35.4. The number of amides is 2. The molecule has 1 aliphatic heterocycles. The van der Waals surface area contributed by atoms with Crippen LogP contribution in [0.4, 0.5) is 0 Å². The monoisotopic (exact) mass is 766 g/mol. The van der Waals surface area contributed by atoms with Crippen molar-refractivity contribution >= 4 is 39.3 Å². The fourth-order valence-corrected chi connectivity index (χ4v) is 9.46. The molecule has 56 heavy (non-hydrogen) atoms. The Morgan fingerprint density at radius 1 is 0.554 bits per heavy atom. The van der Waals surface area contributed by atoms with Crippen LogP contribution in [0.5, 0.6) is 0 Å². The summed E-state index contributed by atoms with van der Waals surface area (Å²) in [6.07, 6.45) is 34.9. The summed E-state index contributed by atoms with van der Waals surface area (Å²) in [5, 5.41) is 4.12. The second-order valence-corrected chi connectivity index (χ2v) is 17.4. The minimum Gasteiger partial charge on any atom is -0.462 e. The summed E-state index contributed by atoms with van der Waals surface area (Å²) in [7, 11) is 0. The number of ether oxygens (including phenoxy) is 1. The quantitative estimate of drug-likeness (QED) is 0.0320. The normalized spacial score (nSPS) is 17.6. The molecule has 0 spiro atoms. The summed E-state index contributed by atoms with van der Waals surface area (Å²) in [4.78, 5) is 43.6. The fourth-order valence-electron chi connectivity index (χ4n) is 9.46. The third kappa shape index (κ3) is 13.2. The maximum Gasteiger partial charge on any atom is 0.311 e. The first-order valence-electron chi connectivity index (χ1n) is 23.6. The summed E-state index contributed by atoms with van der Waals surface area (Å²) in [5.41, 5.74) is 0.911. The number of imide groups is 1. The highest BCUT2D eigenvalue weighted by Gasteiger charge is 2.46. The number of carbonyl (C=O) groups excluding carboxylic acids is 3. The molecule has 2 amide bonds. The molecule has 3 aromatic rings. The van der Waals surface area contributed by atoms with Crippen LogP contribution < -0.4 is 0 Å². The van der Waals surface area contributed by atoms with Crippen LogP contribution in [-0.2, 0) is 9.53 Å². The van der Waals surface area contributed by atoms with E-state index in [4.69, 9.17) is 4.74 Å². The molecule has 1 saturated carbocycles.